The summed E-state index contributed by atoms with van der Waals surface area (Å²) in [6.07, 6.45) is 3.13. The van der Waals surface area contributed by atoms with Crippen molar-refractivity contribution in [3.8, 4) is 0 Å². The number of hydrogen-bond donors (Lipinski definition) is 0. The van der Waals surface area contributed by atoms with E-state index in [4.69, 9.17) is 4.74 Å². The highest BCUT2D eigenvalue weighted by Crippen LogP contribution is 2.29. The average Bonchev–Trinajstić information content (AvgIpc) is 2.49. The van der Waals surface area contributed by atoms with E-state index in [9.17, 15) is 18.0 Å². The SMILES string of the molecule is CCCCCCC(C)OC(=O)/C=C/c1cccc(C(F)(F)F)c1. The summed E-state index contributed by atoms with van der Waals surface area (Å²) < 4.78 is 43.0. The van der Waals surface area contributed by atoms with Crippen LogP contribution in [0.2, 0.25) is 0 Å². The minimum atomic E-state index is -4.39. The fourth-order valence-corrected chi connectivity index (χ4v) is 2.14. The van der Waals surface area contributed by atoms with Gasteiger partial charge in [-0.25, -0.2) is 4.79 Å². The molecule has 1 aromatic rings. The van der Waals surface area contributed by atoms with Crippen molar-refractivity contribution in [1.29, 1.82) is 0 Å². The summed E-state index contributed by atoms with van der Waals surface area (Å²) in [5.74, 6) is -0.537. The molecule has 0 spiro atoms. The first-order valence-electron chi connectivity index (χ1n) is 7.89. The summed E-state index contributed by atoms with van der Waals surface area (Å²) in [6.45, 7) is 3.95. The number of hydrogen-bond acceptors (Lipinski definition) is 2. The van der Waals surface area contributed by atoms with E-state index in [1.165, 1.54) is 18.2 Å². The third-order valence-corrected chi connectivity index (χ3v) is 3.41. The summed E-state index contributed by atoms with van der Waals surface area (Å²) in [7, 11) is 0. The summed E-state index contributed by atoms with van der Waals surface area (Å²) in [5.41, 5.74) is -0.426. The number of rotatable bonds is 8. The van der Waals surface area contributed by atoms with Crippen molar-refractivity contribution in [3.63, 3.8) is 0 Å². The monoisotopic (exact) mass is 328 g/mol. The highest BCUT2D eigenvalue weighted by molar-refractivity contribution is 5.87. The molecule has 0 N–H and O–H groups in total. The molecule has 0 fully saturated rings. The van der Waals surface area contributed by atoms with Crippen molar-refractivity contribution < 1.29 is 22.7 Å². The Kier molecular flexibility index (Phi) is 7.86. The van der Waals surface area contributed by atoms with Crippen molar-refractivity contribution >= 4 is 12.0 Å². The van der Waals surface area contributed by atoms with Gasteiger partial charge in [-0.05, 0) is 43.5 Å². The number of ether oxygens (including phenoxy) is 1. The number of halogens is 3. The lowest BCUT2D eigenvalue weighted by molar-refractivity contribution is -0.142. The quantitative estimate of drug-likeness (QED) is 0.352. The zero-order valence-corrected chi connectivity index (χ0v) is 13.5. The van der Waals surface area contributed by atoms with Gasteiger partial charge in [0.05, 0.1) is 11.7 Å². The van der Waals surface area contributed by atoms with Gasteiger partial charge in [-0.2, -0.15) is 13.2 Å². The van der Waals surface area contributed by atoms with Crippen LogP contribution < -0.4 is 0 Å². The van der Waals surface area contributed by atoms with Crippen molar-refractivity contribution in [1.82, 2.24) is 0 Å². The summed E-state index contributed by atoms with van der Waals surface area (Å²) in [6, 6.07) is 4.81. The summed E-state index contributed by atoms with van der Waals surface area (Å²) in [5, 5.41) is 0. The number of carbonyl (C=O) groups is 1. The maximum atomic E-state index is 12.6. The Morgan fingerprint density at radius 2 is 2.00 bits per heavy atom. The number of benzene rings is 1. The lowest BCUT2D eigenvalue weighted by Crippen LogP contribution is -2.12. The van der Waals surface area contributed by atoms with Crippen LogP contribution in [0, 0.1) is 0 Å². The highest BCUT2D eigenvalue weighted by Gasteiger charge is 2.30. The summed E-state index contributed by atoms with van der Waals surface area (Å²) >= 11 is 0. The molecule has 23 heavy (non-hydrogen) atoms. The largest absolute Gasteiger partial charge is 0.460 e. The Morgan fingerprint density at radius 3 is 2.65 bits per heavy atom. The van der Waals surface area contributed by atoms with E-state index in [0.29, 0.717) is 5.56 Å². The van der Waals surface area contributed by atoms with E-state index in [1.807, 2.05) is 6.92 Å². The Bertz CT molecular complexity index is 521. The second-order valence-electron chi connectivity index (χ2n) is 5.55. The average molecular weight is 328 g/mol. The van der Waals surface area contributed by atoms with Crippen LogP contribution in [0.4, 0.5) is 13.2 Å². The van der Waals surface area contributed by atoms with Crippen LogP contribution in [-0.2, 0) is 15.7 Å². The van der Waals surface area contributed by atoms with Crippen molar-refractivity contribution in [2.24, 2.45) is 0 Å². The topological polar surface area (TPSA) is 26.3 Å². The minimum Gasteiger partial charge on any atom is -0.460 e. The molecule has 0 saturated carbocycles. The predicted molar refractivity (Wildman–Crippen MR) is 84.8 cm³/mol. The van der Waals surface area contributed by atoms with Crippen LogP contribution in [-0.4, -0.2) is 12.1 Å². The highest BCUT2D eigenvalue weighted by atomic mass is 19.4. The molecule has 0 aromatic heterocycles. The van der Waals surface area contributed by atoms with Crippen LogP contribution in [0.15, 0.2) is 30.3 Å². The minimum absolute atomic E-state index is 0.189. The molecule has 5 heteroatoms. The molecule has 128 valence electrons. The van der Waals surface area contributed by atoms with E-state index in [1.54, 1.807) is 0 Å². The van der Waals surface area contributed by atoms with Gasteiger partial charge in [0.15, 0.2) is 0 Å². The zero-order valence-electron chi connectivity index (χ0n) is 13.5. The first-order chi connectivity index (χ1) is 10.8. The van der Waals surface area contributed by atoms with Gasteiger partial charge in [-0.3, -0.25) is 0 Å². The van der Waals surface area contributed by atoms with Crippen molar-refractivity contribution in [2.45, 2.75) is 58.2 Å². The van der Waals surface area contributed by atoms with E-state index in [0.717, 1.165) is 50.3 Å². The van der Waals surface area contributed by atoms with Gasteiger partial charge in [-0.15, -0.1) is 0 Å². The smallest absolute Gasteiger partial charge is 0.416 e. The van der Waals surface area contributed by atoms with Crippen LogP contribution in [0.1, 0.15) is 57.1 Å². The van der Waals surface area contributed by atoms with E-state index in [-0.39, 0.29) is 6.10 Å². The van der Waals surface area contributed by atoms with Crippen molar-refractivity contribution in [3.05, 3.63) is 41.5 Å². The van der Waals surface area contributed by atoms with Gasteiger partial charge in [0.25, 0.3) is 0 Å². The van der Waals surface area contributed by atoms with Gasteiger partial charge >= 0.3 is 12.1 Å². The molecule has 1 aromatic carbocycles. The molecule has 1 atom stereocenters. The number of carbonyl (C=O) groups excluding carboxylic acids is 1. The summed E-state index contributed by atoms with van der Waals surface area (Å²) in [4.78, 5) is 11.7. The molecule has 0 saturated heterocycles. The van der Waals surface area contributed by atoms with Crippen LogP contribution >= 0.6 is 0 Å². The second kappa shape index (κ2) is 9.38. The van der Waals surface area contributed by atoms with Gasteiger partial charge in [0.1, 0.15) is 0 Å². The molecule has 1 rings (SSSR count). The third-order valence-electron chi connectivity index (χ3n) is 3.41. The van der Waals surface area contributed by atoms with Gasteiger partial charge < -0.3 is 4.74 Å². The van der Waals surface area contributed by atoms with E-state index >= 15 is 0 Å². The number of esters is 1. The Morgan fingerprint density at radius 1 is 1.26 bits per heavy atom. The Balaban J connectivity index is 2.49. The first-order valence-corrected chi connectivity index (χ1v) is 7.89. The lowest BCUT2D eigenvalue weighted by atomic mass is 10.1. The Labute approximate surface area is 135 Å². The van der Waals surface area contributed by atoms with E-state index in [2.05, 4.69) is 6.92 Å². The maximum absolute atomic E-state index is 12.6. The predicted octanol–water partition coefficient (Wildman–Crippen LogP) is 5.62. The van der Waals surface area contributed by atoms with Crippen molar-refractivity contribution in [2.75, 3.05) is 0 Å². The molecule has 0 radical (unpaired) electrons. The third kappa shape index (κ3) is 7.86. The van der Waals surface area contributed by atoms with Crippen LogP contribution in [0.3, 0.4) is 0 Å². The van der Waals surface area contributed by atoms with Gasteiger partial charge in [0.2, 0.25) is 0 Å². The molecule has 0 heterocycles. The van der Waals surface area contributed by atoms with Gasteiger partial charge in [0, 0.05) is 6.08 Å². The normalized spacial score (nSPS) is 13.3. The van der Waals surface area contributed by atoms with Gasteiger partial charge in [-0.1, -0.05) is 38.3 Å². The standard InChI is InChI=1S/C18H23F3O2/c1-3-4-5-6-8-14(2)23-17(22)12-11-15-9-7-10-16(13-15)18(19,20)21/h7,9-14H,3-6,8H2,1-2H3/b12-11+. The van der Waals surface area contributed by atoms with Crippen LogP contribution in [0.25, 0.3) is 6.08 Å². The molecule has 1 unspecified atom stereocenters. The molecule has 0 aliphatic heterocycles. The fourth-order valence-electron chi connectivity index (χ4n) is 2.14. The molecular formula is C18H23F3O2. The lowest BCUT2D eigenvalue weighted by Gasteiger charge is -2.11. The zero-order chi connectivity index (χ0) is 17.3. The Hall–Kier alpha value is -1.78. The molecule has 0 aliphatic carbocycles. The number of alkyl halides is 3. The molecule has 2 nitrogen and oxygen atoms in total. The molecule has 0 bridgehead atoms. The molecule has 0 aliphatic rings. The maximum Gasteiger partial charge on any atom is 0.416 e. The van der Waals surface area contributed by atoms with E-state index < -0.39 is 17.7 Å². The number of unbranched alkanes of at least 4 members (excludes halogenated alkanes) is 3. The second-order valence-corrected chi connectivity index (χ2v) is 5.55. The molecule has 0 amide bonds. The fraction of sp³-hybridized carbons (Fsp3) is 0.500. The molecular weight excluding hydrogens is 305 g/mol. The first kappa shape index (κ1) is 19.3. The van der Waals surface area contributed by atoms with Crippen LogP contribution in [0.5, 0.6) is 0 Å².